The Bertz CT molecular complexity index is 1280. The van der Waals surface area contributed by atoms with E-state index >= 15 is 0 Å². The van der Waals surface area contributed by atoms with E-state index in [0.717, 1.165) is 54.4 Å². The molecule has 1 aromatic carbocycles. The number of aromatic nitrogens is 4. The summed E-state index contributed by atoms with van der Waals surface area (Å²) in [6.45, 7) is 5.96. The highest BCUT2D eigenvalue weighted by Gasteiger charge is 2.27. The van der Waals surface area contributed by atoms with Crippen LogP contribution < -0.4 is 11.0 Å². The molecule has 2 saturated heterocycles. The smallest absolute Gasteiger partial charge is 0.333 e. The van der Waals surface area contributed by atoms with Crippen LogP contribution in [-0.4, -0.2) is 62.4 Å². The van der Waals surface area contributed by atoms with Crippen LogP contribution >= 0.6 is 0 Å². The van der Waals surface area contributed by atoms with Crippen LogP contribution in [0.15, 0.2) is 47.5 Å². The standard InChI is InChI=1S/C30H40N6O2/c1-22-6-5-7-26(20-22)36-28(21-35(30(36)37)25-13-18-38-19-14-25)27-12-15-31-29(33-27)32-23-8-10-24(11-9-23)34-16-3-2-4-17-34/h5-7,12,15,20-21,23-25H,2-4,8-11,13-14,16-19H2,1H3,(H,31,32,33). The average Bonchev–Trinajstić information content (AvgIpc) is 3.31. The lowest BCUT2D eigenvalue weighted by molar-refractivity contribution is 0.0686. The van der Waals surface area contributed by atoms with Gasteiger partial charge in [-0.15, -0.1) is 0 Å². The molecule has 3 fully saturated rings. The molecule has 2 aliphatic heterocycles. The van der Waals surface area contributed by atoms with E-state index in [4.69, 9.17) is 9.72 Å². The summed E-state index contributed by atoms with van der Waals surface area (Å²) in [5.41, 5.74) is 3.51. The van der Waals surface area contributed by atoms with Gasteiger partial charge in [0.05, 0.1) is 17.1 Å². The van der Waals surface area contributed by atoms with E-state index in [-0.39, 0.29) is 11.7 Å². The molecule has 8 nitrogen and oxygen atoms in total. The van der Waals surface area contributed by atoms with Gasteiger partial charge in [0.2, 0.25) is 5.95 Å². The maximum absolute atomic E-state index is 13.8. The number of likely N-dealkylation sites (tertiary alicyclic amines) is 1. The molecule has 2 aromatic heterocycles. The summed E-state index contributed by atoms with van der Waals surface area (Å²) in [4.78, 5) is 26.0. The molecule has 1 saturated carbocycles. The average molecular weight is 517 g/mol. The summed E-state index contributed by atoms with van der Waals surface area (Å²) >= 11 is 0. The number of benzene rings is 1. The van der Waals surface area contributed by atoms with Crippen molar-refractivity contribution in [3.63, 3.8) is 0 Å². The molecule has 6 rings (SSSR count). The molecule has 202 valence electrons. The third-order valence-electron chi connectivity index (χ3n) is 8.61. The molecule has 1 aliphatic carbocycles. The van der Waals surface area contributed by atoms with Gasteiger partial charge >= 0.3 is 5.69 Å². The molecule has 0 atom stereocenters. The van der Waals surface area contributed by atoms with E-state index in [1.807, 2.05) is 29.0 Å². The van der Waals surface area contributed by atoms with Crippen molar-refractivity contribution in [2.45, 2.75) is 82.8 Å². The van der Waals surface area contributed by atoms with Crippen molar-refractivity contribution in [1.82, 2.24) is 24.0 Å². The minimum atomic E-state index is -0.0262. The Labute approximate surface area is 225 Å². The second-order valence-corrected chi connectivity index (χ2v) is 11.2. The van der Waals surface area contributed by atoms with Crippen molar-refractivity contribution in [3.05, 3.63) is 58.8 Å². The zero-order valence-electron chi connectivity index (χ0n) is 22.5. The fourth-order valence-electron chi connectivity index (χ4n) is 6.51. The number of piperidine rings is 1. The number of ether oxygens (including phenoxy) is 1. The second kappa shape index (κ2) is 11.4. The molecular weight excluding hydrogens is 476 g/mol. The fraction of sp³-hybridized carbons (Fsp3) is 0.567. The van der Waals surface area contributed by atoms with Crippen molar-refractivity contribution in [2.24, 2.45) is 0 Å². The predicted octanol–water partition coefficient (Wildman–Crippen LogP) is 4.96. The molecule has 0 radical (unpaired) electrons. The SMILES string of the molecule is Cc1cccc(-n2c(-c3ccnc(NC4CCC(N5CCCCC5)CC4)n3)cn(C3CCOCC3)c2=O)c1. The highest BCUT2D eigenvalue weighted by molar-refractivity contribution is 5.59. The Morgan fingerprint density at radius 2 is 1.74 bits per heavy atom. The quantitative estimate of drug-likeness (QED) is 0.499. The first-order chi connectivity index (χ1) is 18.7. The van der Waals surface area contributed by atoms with Gasteiger partial charge in [0.1, 0.15) is 0 Å². The van der Waals surface area contributed by atoms with Gasteiger partial charge < -0.3 is 15.0 Å². The van der Waals surface area contributed by atoms with Gasteiger partial charge in [-0.3, -0.25) is 9.13 Å². The van der Waals surface area contributed by atoms with E-state index in [1.54, 1.807) is 10.8 Å². The maximum Gasteiger partial charge on any atom is 0.333 e. The number of hydrogen-bond donors (Lipinski definition) is 1. The van der Waals surface area contributed by atoms with Crippen LogP contribution in [0.5, 0.6) is 0 Å². The Morgan fingerprint density at radius 3 is 2.50 bits per heavy atom. The van der Waals surface area contributed by atoms with Crippen molar-refractivity contribution in [3.8, 4) is 17.1 Å². The third kappa shape index (κ3) is 5.43. The summed E-state index contributed by atoms with van der Waals surface area (Å²) < 4.78 is 9.25. The summed E-state index contributed by atoms with van der Waals surface area (Å²) in [7, 11) is 0. The molecular formula is C30H40N6O2. The number of imidazole rings is 1. The second-order valence-electron chi connectivity index (χ2n) is 11.2. The van der Waals surface area contributed by atoms with Gasteiger partial charge in [-0.1, -0.05) is 18.6 Å². The summed E-state index contributed by atoms with van der Waals surface area (Å²) in [6.07, 6.45) is 14.3. The molecule has 0 amide bonds. The summed E-state index contributed by atoms with van der Waals surface area (Å²) in [5.74, 6) is 0.644. The van der Waals surface area contributed by atoms with Crippen LogP contribution in [0, 0.1) is 6.92 Å². The number of anilines is 1. The van der Waals surface area contributed by atoms with Crippen molar-refractivity contribution >= 4 is 5.95 Å². The predicted molar refractivity (Wildman–Crippen MR) is 150 cm³/mol. The van der Waals surface area contributed by atoms with Crippen molar-refractivity contribution < 1.29 is 4.74 Å². The first-order valence-electron chi connectivity index (χ1n) is 14.5. The van der Waals surface area contributed by atoms with Crippen LogP contribution in [0.4, 0.5) is 5.95 Å². The molecule has 8 heteroatoms. The minimum Gasteiger partial charge on any atom is -0.381 e. The Morgan fingerprint density at radius 1 is 0.947 bits per heavy atom. The third-order valence-corrected chi connectivity index (χ3v) is 8.61. The first kappa shape index (κ1) is 25.3. The molecule has 3 aliphatic rings. The summed E-state index contributed by atoms with van der Waals surface area (Å²) in [6, 6.07) is 11.3. The molecule has 0 bridgehead atoms. The van der Waals surface area contributed by atoms with E-state index < -0.39 is 0 Å². The first-order valence-corrected chi connectivity index (χ1v) is 14.5. The number of aryl methyl sites for hydroxylation is 1. The Kier molecular flexibility index (Phi) is 7.60. The fourth-order valence-corrected chi connectivity index (χ4v) is 6.51. The largest absolute Gasteiger partial charge is 0.381 e. The number of rotatable bonds is 6. The van der Waals surface area contributed by atoms with E-state index in [0.29, 0.717) is 25.2 Å². The van der Waals surface area contributed by atoms with Crippen LogP contribution in [0.25, 0.3) is 17.1 Å². The van der Waals surface area contributed by atoms with Gasteiger partial charge in [0.25, 0.3) is 0 Å². The Hall–Kier alpha value is -2.97. The number of nitrogens with one attached hydrogen (secondary N) is 1. The zero-order valence-corrected chi connectivity index (χ0v) is 22.5. The monoisotopic (exact) mass is 516 g/mol. The summed E-state index contributed by atoms with van der Waals surface area (Å²) in [5, 5.41) is 3.62. The minimum absolute atomic E-state index is 0.0262. The molecule has 38 heavy (non-hydrogen) atoms. The maximum atomic E-state index is 13.8. The molecule has 0 spiro atoms. The van der Waals surface area contributed by atoms with Gasteiger partial charge in [-0.2, -0.15) is 0 Å². The highest BCUT2D eigenvalue weighted by atomic mass is 16.5. The molecule has 0 unspecified atom stereocenters. The topological polar surface area (TPSA) is 77.2 Å². The lowest BCUT2D eigenvalue weighted by Crippen LogP contribution is -2.43. The van der Waals surface area contributed by atoms with Crippen molar-refractivity contribution in [1.29, 1.82) is 0 Å². The van der Waals surface area contributed by atoms with Gasteiger partial charge in [-0.05, 0) is 95.1 Å². The Balaban J connectivity index is 1.25. The van der Waals surface area contributed by atoms with E-state index in [9.17, 15) is 4.79 Å². The van der Waals surface area contributed by atoms with Crippen LogP contribution in [0.2, 0.25) is 0 Å². The van der Waals surface area contributed by atoms with Crippen LogP contribution in [0.1, 0.15) is 69.4 Å². The van der Waals surface area contributed by atoms with E-state index in [2.05, 4.69) is 34.3 Å². The highest BCUT2D eigenvalue weighted by Crippen LogP contribution is 2.29. The number of nitrogens with zero attached hydrogens (tertiary/aromatic N) is 5. The van der Waals surface area contributed by atoms with Crippen molar-refractivity contribution in [2.75, 3.05) is 31.6 Å². The zero-order chi connectivity index (χ0) is 25.9. The lowest BCUT2D eigenvalue weighted by atomic mass is 9.89. The normalized spacial score (nSPS) is 23.4. The number of hydrogen-bond acceptors (Lipinski definition) is 6. The van der Waals surface area contributed by atoms with Gasteiger partial charge in [-0.25, -0.2) is 14.8 Å². The molecule has 3 aromatic rings. The van der Waals surface area contributed by atoms with Crippen LogP contribution in [0.3, 0.4) is 0 Å². The molecule has 1 N–H and O–H groups in total. The van der Waals surface area contributed by atoms with Crippen LogP contribution in [-0.2, 0) is 4.74 Å². The van der Waals surface area contributed by atoms with Gasteiger partial charge in [0.15, 0.2) is 0 Å². The van der Waals surface area contributed by atoms with E-state index in [1.165, 1.54) is 45.2 Å². The molecule has 4 heterocycles. The van der Waals surface area contributed by atoms with Gasteiger partial charge in [0, 0.05) is 43.7 Å². The lowest BCUT2D eigenvalue weighted by Gasteiger charge is -2.39.